The van der Waals surface area contributed by atoms with E-state index in [4.69, 9.17) is 14.6 Å². The standard InChI is InChI=1S/C24H26N4O3S/c1-4-13-31-22(29)20-16(2)25-23-26-24(32-15-17-9-6-5-7-10-17)27-28(23)21(20)18-11-8-12-19(14-18)30-3/h5-12,14,21H,4,13,15H2,1-3H3,(H,25,26,27). The predicted molar refractivity (Wildman–Crippen MR) is 125 cm³/mol. The molecule has 8 heteroatoms. The fraction of sp³-hybridized carbons (Fsp3) is 0.292. The van der Waals surface area contributed by atoms with Crippen molar-refractivity contribution in [2.45, 2.75) is 37.2 Å². The highest BCUT2D eigenvalue weighted by Gasteiger charge is 2.35. The average Bonchev–Trinajstić information content (AvgIpc) is 3.23. The van der Waals surface area contributed by atoms with E-state index in [1.165, 1.54) is 5.56 Å². The molecule has 0 aliphatic carbocycles. The van der Waals surface area contributed by atoms with E-state index in [1.807, 2.05) is 56.3 Å². The Morgan fingerprint density at radius 3 is 2.75 bits per heavy atom. The Balaban J connectivity index is 1.70. The molecule has 1 atom stereocenters. The van der Waals surface area contributed by atoms with Crippen LogP contribution in [-0.4, -0.2) is 34.5 Å². The van der Waals surface area contributed by atoms with Gasteiger partial charge in [0.05, 0.1) is 19.3 Å². The number of allylic oxidation sites excluding steroid dienone is 1. The molecule has 166 valence electrons. The zero-order valence-corrected chi connectivity index (χ0v) is 19.2. The second-order valence-corrected chi connectivity index (χ2v) is 8.36. The summed E-state index contributed by atoms with van der Waals surface area (Å²) in [6.07, 6.45) is 0.754. The number of rotatable bonds is 8. The fourth-order valence-corrected chi connectivity index (χ4v) is 4.36. The molecule has 0 amide bonds. The summed E-state index contributed by atoms with van der Waals surface area (Å²) in [5.41, 5.74) is 3.29. The zero-order chi connectivity index (χ0) is 22.5. The van der Waals surface area contributed by atoms with Crippen LogP contribution in [0.4, 0.5) is 5.95 Å². The van der Waals surface area contributed by atoms with E-state index >= 15 is 0 Å². The first-order chi connectivity index (χ1) is 15.6. The van der Waals surface area contributed by atoms with E-state index in [1.54, 1.807) is 23.6 Å². The van der Waals surface area contributed by atoms with Crippen LogP contribution in [0.15, 0.2) is 71.0 Å². The van der Waals surface area contributed by atoms with Gasteiger partial charge in [-0.05, 0) is 36.6 Å². The maximum absolute atomic E-state index is 13.0. The second-order valence-electron chi connectivity index (χ2n) is 7.42. The van der Waals surface area contributed by atoms with E-state index in [0.29, 0.717) is 34.7 Å². The summed E-state index contributed by atoms with van der Waals surface area (Å²) in [6, 6.07) is 17.4. The van der Waals surface area contributed by atoms with E-state index in [0.717, 1.165) is 17.7 Å². The largest absolute Gasteiger partial charge is 0.497 e. The van der Waals surface area contributed by atoms with Crippen molar-refractivity contribution in [1.82, 2.24) is 14.8 Å². The number of fused-ring (bicyclic) bond motifs is 1. The number of nitrogens with one attached hydrogen (secondary N) is 1. The molecule has 1 aromatic heterocycles. The topological polar surface area (TPSA) is 78.3 Å². The molecule has 4 rings (SSSR count). The van der Waals surface area contributed by atoms with Crippen LogP contribution in [0.25, 0.3) is 0 Å². The Bertz CT molecular complexity index is 1130. The lowest BCUT2D eigenvalue weighted by Gasteiger charge is -2.28. The highest BCUT2D eigenvalue weighted by Crippen LogP contribution is 2.38. The minimum Gasteiger partial charge on any atom is -0.497 e. The summed E-state index contributed by atoms with van der Waals surface area (Å²) in [5.74, 6) is 1.70. The summed E-state index contributed by atoms with van der Waals surface area (Å²) in [4.78, 5) is 17.7. The molecule has 1 aliphatic rings. The Morgan fingerprint density at radius 2 is 2.00 bits per heavy atom. The summed E-state index contributed by atoms with van der Waals surface area (Å²) < 4.78 is 12.7. The number of anilines is 1. The number of nitrogens with zero attached hydrogens (tertiary/aromatic N) is 3. The first kappa shape index (κ1) is 22.0. The number of carbonyl (C=O) groups is 1. The van der Waals surface area contributed by atoms with Gasteiger partial charge in [0.2, 0.25) is 11.1 Å². The normalized spacial score (nSPS) is 15.2. The van der Waals surface area contributed by atoms with Crippen LogP contribution >= 0.6 is 11.8 Å². The van der Waals surface area contributed by atoms with Crippen molar-refractivity contribution in [1.29, 1.82) is 0 Å². The molecule has 3 aromatic rings. The molecular formula is C24H26N4O3S. The number of ether oxygens (including phenoxy) is 2. The van der Waals surface area contributed by atoms with Crippen LogP contribution in [0, 0.1) is 0 Å². The first-order valence-electron chi connectivity index (χ1n) is 10.5. The first-order valence-corrected chi connectivity index (χ1v) is 11.5. The van der Waals surface area contributed by atoms with Crippen molar-refractivity contribution in [3.63, 3.8) is 0 Å². The van der Waals surface area contributed by atoms with Crippen LogP contribution in [0.3, 0.4) is 0 Å². The number of carbonyl (C=O) groups excluding carboxylic acids is 1. The van der Waals surface area contributed by atoms with Crippen molar-refractivity contribution in [2.24, 2.45) is 0 Å². The lowest BCUT2D eigenvalue weighted by Crippen LogP contribution is -2.29. The molecule has 2 aromatic carbocycles. The minimum atomic E-state index is -0.468. The number of hydrogen-bond donors (Lipinski definition) is 1. The second kappa shape index (κ2) is 9.91. The van der Waals surface area contributed by atoms with Gasteiger partial charge in [0, 0.05) is 11.4 Å². The lowest BCUT2D eigenvalue weighted by atomic mass is 9.95. The molecule has 7 nitrogen and oxygen atoms in total. The van der Waals surface area contributed by atoms with Gasteiger partial charge in [-0.1, -0.05) is 61.2 Å². The molecule has 1 aliphatic heterocycles. The van der Waals surface area contributed by atoms with Crippen LogP contribution in [0.5, 0.6) is 5.75 Å². The Morgan fingerprint density at radius 1 is 1.19 bits per heavy atom. The maximum atomic E-state index is 13.0. The van der Waals surface area contributed by atoms with Gasteiger partial charge in [-0.15, -0.1) is 5.10 Å². The quantitative estimate of drug-likeness (QED) is 0.389. The highest BCUT2D eigenvalue weighted by atomic mass is 32.2. The molecule has 32 heavy (non-hydrogen) atoms. The van der Waals surface area contributed by atoms with Crippen LogP contribution < -0.4 is 10.1 Å². The number of esters is 1. The van der Waals surface area contributed by atoms with E-state index in [9.17, 15) is 4.79 Å². The maximum Gasteiger partial charge on any atom is 0.338 e. The molecule has 1 N–H and O–H groups in total. The average molecular weight is 451 g/mol. The molecule has 0 bridgehead atoms. The van der Waals surface area contributed by atoms with E-state index in [2.05, 4.69) is 22.4 Å². The molecule has 0 radical (unpaired) electrons. The minimum absolute atomic E-state index is 0.357. The third-order valence-electron chi connectivity index (χ3n) is 5.11. The highest BCUT2D eigenvalue weighted by molar-refractivity contribution is 7.98. The van der Waals surface area contributed by atoms with Crippen LogP contribution in [0.2, 0.25) is 0 Å². The van der Waals surface area contributed by atoms with Gasteiger partial charge in [0.25, 0.3) is 0 Å². The predicted octanol–water partition coefficient (Wildman–Crippen LogP) is 4.82. The number of methoxy groups -OCH3 is 1. The SMILES string of the molecule is CCCOC(=O)C1=C(C)Nc2nc(SCc3ccccc3)nn2C1c1cccc(OC)c1. The van der Waals surface area contributed by atoms with Gasteiger partial charge in [-0.2, -0.15) is 4.98 Å². The zero-order valence-electron chi connectivity index (χ0n) is 18.4. The molecule has 2 heterocycles. The monoisotopic (exact) mass is 450 g/mol. The van der Waals surface area contributed by atoms with Gasteiger partial charge < -0.3 is 14.8 Å². The van der Waals surface area contributed by atoms with Gasteiger partial charge >= 0.3 is 5.97 Å². The Kier molecular flexibility index (Phi) is 6.80. The molecule has 0 saturated carbocycles. The van der Waals surface area contributed by atoms with Crippen LogP contribution in [-0.2, 0) is 15.3 Å². The summed E-state index contributed by atoms with van der Waals surface area (Å²) in [5, 5.41) is 8.63. The third kappa shape index (κ3) is 4.65. The summed E-state index contributed by atoms with van der Waals surface area (Å²) in [6.45, 7) is 4.20. The summed E-state index contributed by atoms with van der Waals surface area (Å²) >= 11 is 1.55. The van der Waals surface area contributed by atoms with Crippen molar-refractivity contribution in [3.8, 4) is 5.75 Å². The lowest BCUT2D eigenvalue weighted by molar-refractivity contribution is -0.139. The molecular weight excluding hydrogens is 424 g/mol. The van der Waals surface area contributed by atoms with E-state index in [-0.39, 0.29) is 5.97 Å². The number of hydrogen-bond acceptors (Lipinski definition) is 7. The van der Waals surface area contributed by atoms with Gasteiger partial charge in [0.15, 0.2) is 0 Å². The fourth-order valence-electron chi connectivity index (χ4n) is 3.57. The van der Waals surface area contributed by atoms with Crippen molar-refractivity contribution < 1.29 is 14.3 Å². The number of thioether (sulfide) groups is 1. The Hall–Kier alpha value is -3.26. The Labute approximate surface area is 191 Å². The van der Waals surface area contributed by atoms with Crippen molar-refractivity contribution in [2.75, 3.05) is 19.0 Å². The van der Waals surface area contributed by atoms with Crippen molar-refractivity contribution in [3.05, 3.63) is 77.0 Å². The number of benzene rings is 2. The van der Waals surface area contributed by atoms with Gasteiger partial charge in [-0.25, -0.2) is 9.48 Å². The van der Waals surface area contributed by atoms with Gasteiger partial charge in [0.1, 0.15) is 11.8 Å². The summed E-state index contributed by atoms with van der Waals surface area (Å²) in [7, 11) is 1.62. The molecule has 0 spiro atoms. The van der Waals surface area contributed by atoms with Crippen LogP contribution in [0.1, 0.15) is 37.4 Å². The van der Waals surface area contributed by atoms with Gasteiger partial charge in [-0.3, -0.25) is 0 Å². The molecule has 1 unspecified atom stereocenters. The number of aromatic nitrogens is 3. The third-order valence-corrected chi connectivity index (χ3v) is 6.02. The van der Waals surface area contributed by atoms with Crippen molar-refractivity contribution >= 4 is 23.7 Å². The smallest absolute Gasteiger partial charge is 0.338 e. The molecule has 0 saturated heterocycles. The van der Waals surface area contributed by atoms with E-state index < -0.39 is 6.04 Å². The molecule has 0 fully saturated rings.